The molecule has 0 spiro atoms. The maximum absolute atomic E-state index is 12.8. The summed E-state index contributed by atoms with van der Waals surface area (Å²) in [5.41, 5.74) is 0.420. The van der Waals surface area contributed by atoms with Crippen molar-refractivity contribution in [1.29, 1.82) is 0 Å². The molecule has 60 valence electrons. The van der Waals surface area contributed by atoms with E-state index in [0.29, 0.717) is 9.13 Å². The quantitative estimate of drug-likeness (QED) is 0.517. The van der Waals surface area contributed by atoms with Gasteiger partial charge in [-0.15, -0.1) is 0 Å². The van der Waals surface area contributed by atoms with Crippen molar-refractivity contribution in [3.8, 4) is 0 Å². The highest BCUT2D eigenvalue weighted by molar-refractivity contribution is 14.1. The van der Waals surface area contributed by atoms with E-state index in [4.69, 9.17) is 0 Å². The molecular formula is C7H4F2I2. The lowest BCUT2D eigenvalue weighted by Crippen LogP contribution is -1.90. The van der Waals surface area contributed by atoms with Gasteiger partial charge in [-0.05, 0) is 62.9 Å². The third kappa shape index (κ3) is 2.24. The highest BCUT2D eigenvalue weighted by Gasteiger charge is 2.04. The minimum atomic E-state index is -0.605. The Bertz CT molecular complexity index is 273. The largest absolute Gasteiger partial charge is 0.246 e. The van der Waals surface area contributed by atoms with Crippen LogP contribution in [-0.2, 0) is 6.67 Å². The lowest BCUT2D eigenvalue weighted by Gasteiger charge is -2.00. The van der Waals surface area contributed by atoms with E-state index in [-0.39, 0.29) is 5.82 Å². The van der Waals surface area contributed by atoms with Gasteiger partial charge in [0.15, 0.2) is 0 Å². The molecule has 0 radical (unpaired) electrons. The lowest BCUT2D eigenvalue weighted by molar-refractivity contribution is 0.480. The molecule has 0 amide bonds. The molecule has 1 aromatic rings. The van der Waals surface area contributed by atoms with E-state index in [9.17, 15) is 8.78 Å². The molecule has 0 aliphatic heterocycles. The molecule has 0 aromatic heterocycles. The van der Waals surface area contributed by atoms with Gasteiger partial charge in [0.05, 0.1) is 0 Å². The standard InChI is InChI=1S/C7H4F2I2/c8-3-4-1-5(9)7(11)2-6(4)10/h1-2H,3H2. The number of hydrogen-bond acceptors (Lipinski definition) is 0. The normalized spacial score (nSPS) is 10.2. The van der Waals surface area contributed by atoms with Crippen molar-refractivity contribution in [3.63, 3.8) is 0 Å². The first kappa shape index (κ1) is 9.63. The molecule has 0 atom stereocenters. The number of rotatable bonds is 1. The summed E-state index contributed by atoms with van der Waals surface area (Å²) >= 11 is 3.87. The molecule has 0 aliphatic rings. The van der Waals surface area contributed by atoms with E-state index >= 15 is 0 Å². The first-order valence-electron chi connectivity index (χ1n) is 2.84. The first-order chi connectivity index (χ1) is 5.15. The van der Waals surface area contributed by atoms with Gasteiger partial charge in [-0.1, -0.05) is 0 Å². The van der Waals surface area contributed by atoms with Crippen LogP contribution in [0.1, 0.15) is 5.56 Å². The molecular weight excluding hydrogens is 376 g/mol. The average molecular weight is 380 g/mol. The Morgan fingerprint density at radius 2 is 1.82 bits per heavy atom. The first-order valence-corrected chi connectivity index (χ1v) is 5.00. The number of halogens is 4. The van der Waals surface area contributed by atoms with Crippen LogP contribution in [0.2, 0.25) is 0 Å². The fraction of sp³-hybridized carbons (Fsp3) is 0.143. The van der Waals surface area contributed by atoms with Crippen molar-refractivity contribution in [2.75, 3.05) is 0 Å². The van der Waals surface area contributed by atoms with Crippen LogP contribution in [0.5, 0.6) is 0 Å². The van der Waals surface area contributed by atoms with Crippen LogP contribution in [0.3, 0.4) is 0 Å². The Kier molecular flexibility index (Phi) is 3.48. The summed E-state index contributed by atoms with van der Waals surface area (Å²) < 4.78 is 26.2. The molecule has 0 unspecified atom stereocenters. The smallest absolute Gasteiger partial charge is 0.136 e. The van der Waals surface area contributed by atoms with E-state index in [2.05, 4.69) is 0 Å². The van der Waals surface area contributed by atoms with Gasteiger partial charge in [0.2, 0.25) is 0 Å². The van der Waals surface area contributed by atoms with Crippen LogP contribution in [-0.4, -0.2) is 0 Å². The van der Waals surface area contributed by atoms with Crippen molar-refractivity contribution in [1.82, 2.24) is 0 Å². The molecule has 0 heterocycles. The second-order valence-electron chi connectivity index (χ2n) is 1.99. The average Bonchev–Trinajstić information content (AvgIpc) is 1.97. The third-order valence-corrected chi connectivity index (χ3v) is 3.06. The predicted molar refractivity (Wildman–Crippen MR) is 56.6 cm³/mol. The minimum Gasteiger partial charge on any atom is -0.246 e. The Balaban J connectivity index is 3.21. The maximum atomic E-state index is 12.8. The topological polar surface area (TPSA) is 0 Å². The van der Waals surface area contributed by atoms with Gasteiger partial charge in [0.1, 0.15) is 12.5 Å². The molecule has 1 rings (SSSR count). The zero-order valence-corrected chi connectivity index (χ0v) is 9.69. The molecule has 0 nitrogen and oxygen atoms in total. The van der Waals surface area contributed by atoms with Gasteiger partial charge >= 0.3 is 0 Å². The van der Waals surface area contributed by atoms with Crippen LogP contribution in [0.4, 0.5) is 8.78 Å². The minimum absolute atomic E-state index is 0.348. The van der Waals surface area contributed by atoms with Crippen molar-refractivity contribution < 1.29 is 8.78 Å². The van der Waals surface area contributed by atoms with Gasteiger partial charge < -0.3 is 0 Å². The molecule has 0 fully saturated rings. The van der Waals surface area contributed by atoms with Gasteiger partial charge in [0, 0.05) is 7.14 Å². The summed E-state index contributed by atoms with van der Waals surface area (Å²) in [7, 11) is 0. The monoisotopic (exact) mass is 380 g/mol. The second kappa shape index (κ2) is 3.97. The van der Waals surface area contributed by atoms with E-state index in [1.165, 1.54) is 6.07 Å². The Hall–Kier alpha value is 0.540. The molecule has 0 aliphatic carbocycles. The molecule has 0 saturated carbocycles. The molecule has 11 heavy (non-hydrogen) atoms. The van der Waals surface area contributed by atoms with Crippen LogP contribution < -0.4 is 0 Å². The van der Waals surface area contributed by atoms with Crippen molar-refractivity contribution in [2.45, 2.75) is 6.67 Å². The van der Waals surface area contributed by atoms with E-state index in [1.807, 2.05) is 45.2 Å². The van der Waals surface area contributed by atoms with Crippen LogP contribution >= 0.6 is 45.2 Å². The summed E-state index contributed by atoms with van der Waals surface area (Å²) in [6.45, 7) is -0.605. The zero-order valence-electron chi connectivity index (χ0n) is 5.37. The highest BCUT2D eigenvalue weighted by atomic mass is 127. The van der Waals surface area contributed by atoms with Crippen molar-refractivity contribution in [3.05, 3.63) is 30.7 Å². The van der Waals surface area contributed by atoms with E-state index in [1.54, 1.807) is 6.07 Å². The fourth-order valence-electron chi connectivity index (χ4n) is 0.666. The van der Waals surface area contributed by atoms with Crippen LogP contribution in [0.15, 0.2) is 12.1 Å². The van der Waals surface area contributed by atoms with Crippen LogP contribution in [0, 0.1) is 13.0 Å². The molecule has 4 heteroatoms. The Labute approximate surface area is 90.7 Å². The highest BCUT2D eigenvalue weighted by Crippen LogP contribution is 2.19. The Morgan fingerprint density at radius 3 is 2.36 bits per heavy atom. The SMILES string of the molecule is FCc1cc(F)c(I)cc1I. The summed E-state index contributed by atoms with van der Waals surface area (Å²) in [6.07, 6.45) is 0. The summed E-state index contributed by atoms with van der Waals surface area (Å²) in [4.78, 5) is 0. The van der Waals surface area contributed by atoms with E-state index < -0.39 is 6.67 Å². The molecule has 0 bridgehead atoms. The third-order valence-electron chi connectivity index (χ3n) is 1.23. The Morgan fingerprint density at radius 1 is 1.18 bits per heavy atom. The summed E-state index contributed by atoms with van der Waals surface area (Å²) in [5, 5.41) is 0. The van der Waals surface area contributed by atoms with E-state index in [0.717, 1.165) is 3.57 Å². The van der Waals surface area contributed by atoms with Crippen LogP contribution in [0.25, 0.3) is 0 Å². The molecule has 0 N–H and O–H groups in total. The van der Waals surface area contributed by atoms with Crippen molar-refractivity contribution in [2.24, 2.45) is 0 Å². The molecule has 0 saturated heterocycles. The lowest BCUT2D eigenvalue weighted by atomic mass is 10.2. The zero-order chi connectivity index (χ0) is 8.43. The van der Waals surface area contributed by atoms with Crippen molar-refractivity contribution >= 4 is 45.2 Å². The summed E-state index contributed by atoms with van der Waals surface area (Å²) in [6, 6.07) is 2.87. The van der Waals surface area contributed by atoms with Gasteiger partial charge in [0.25, 0.3) is 0 Å². The van der Waals surface area contributed by atoms with Gasteiger partial charge in [-0.3, -0.25) is 0 Å². The van der Waals surface area contributed by atoms with Gasteiger partial charge in [-0.2, -0.15) is 0 Å². The maximum Gasteiger partial charge on any atom is 0.136 e. The predicted octanol–water partition coefficient (Wildman–Crippen LogP) is 3.50. The number of alkyl halides is 1. The second-order valence-corrected chi connectivity index (χ2v) is 4.32. The van der Waals surface area contributed by atoms with Gasteiger partial charge in [-0.25, -0.2) is 8.78 Å². The summed E-state index contributed by atoms with van der Waals surface area (Å²) in [5.74, 6) is -0.348. The molecule has 1 aromatic carbocycles. The fourth-order valence-corrected chi connectivity index (χ4v) is 2.34. The number of hydrogen-bond donors (Lipinski definition) is 0. The number of benzene rings is 1.